The predicted octanol–water partition coefficient (Wildman–Crippen LogP) is -0.433. The molecular formula is C9H18B2N2O. The average Bonchev–Trinajstić information content (AvgIpc) is 2.05. The Balaban J connectivity index is 2.13. The summed E-state index contributed by atoms with van der Waals surface area (Å²) < 4.78 is 0. The largest absolute Gasteiger partial charge is 0.373 e. The molecule has 76 valence electrons. The fourth-order valence-electron chi connectivity index (χ4n) is 3.19. The molecule has 2 heterocycles. The van der Waals surface area contributed by atoms with Crippen LogP contribution in [0.25, 0.3) is 0 Å². The number of nitrogens with two attached hydrogens (primary N) is 1. The summed E-state index contributed by atoms with van der Waals surface area (Å²) >= 11 is 0. The van der Waals surface area contributed by atoms with E-state index < -0.39 is 0 Å². The number of hydrogen-bond donors (Lipinski definition) is 1. The minimum absolute atomic E-state index is 0.235. The van der Waals surface area contributed by atoms with Gasteiger partial charge in [0.05, 0.1) is 0 Å². The maximum absolute atomic E-state index is 11.5. The van der Waals surface area contributed by atoms with Gasteiger partial charge in [0.15, 0.2) is 13.2 Å². The lowest BCUT2D eigenvalue weighted by atomic mass is 9.61. The third-order valence-corrected chi connectivity index (χ3v) is 4.08. The van der Waals surface area contributed by atoms with E-state index in [0.29, 0.717) is 25.4 Å². The van der Waals surface area contributed by atoms with Crippen LogP contribution in [0.1, 0.15) is 19.8 Å². The summed E-state index contributed by atoms with van der Waals surface area (Å²) in [5.74, 6) is 1.73. The van der Waals surface area contributed by atoms with Gasteiger partial charge in [-0.25, -0.2) is 0 Å². The summed E-state index contributed by atoms with van der Waals surface area (Å²) in [6.45, 7) is 2.27. The van der Waals surface area contributed by atoms with Crippen LogP contribution in [0, 0.1) is 11.8 Å². The number of amides is 1. The summed E-state index contributed by atoms with van der Waals surface area (Å²) in [6, 6.07) is 0.945. The zero-order valence-electron chi connectivity index (χ0n) is 9.07. The molecule has 3 nitrogen and oxygen atoms in total. The van der Waals surface area contributed by atoms with E-state index in [1.807, 2.05) is 0 Å². The van der Waals surface area contributed by atoms with Crippen molar-refractivity contribution in [1.82, 2.24) is 4.90 Å². The summed E-state index contributed by atoms with van der Waals surface area (Å²) in [5.41, 5.74) is 5.61. The molecule has 0 aromatic rings. The van der Waals surface area contributed by atoms with Crippen LogP contribution in [0.4, 0.5) is 4.79 Å². The highest BCUT2D eigenvalue weighted by atomic mass is 16.2. The Labute approximate surface area is 87.1 Å². The van der Waals surface area contributed by atoms with Crippen molar-refractivity contribution in [2.24, 2.45) is 17.5 Å². The Morgan fingerprint density at radius 2 is 2.29 bits per heavy atom. The van der Waals surface area contributed by atoms with E-state index in [-0.39, 0.29) is 5.81 Å². The second-order valence-corrected chi connectivity index (χ2v) is 4.82. The first-order chi connectivity index (χ1) is 6.65. The average molecular weight is 192 g/mol. The zero-order valence-corrected chi connectivity index (χ0v) is 9.07. The van der Waals surface area contributed by atoms with Crippen molar-refractivity contribution in [2.75, 3.05) is 0 Å². The second-order valence-electron chi connectivity index (χ2n) is 4.82. The summed E-state index contributed by atoms with van der Waals surface area (Å²) in [4.78, 5) is 13.6. The van der Waals surface area contributed by atoms with Gasteiger partial charge in [0.25, 0.3) is 0 Å². The van der Waals surface area contributed by atoms with Crippen molar-refractivity contribution in [2.45, 2.75) is 38.2 Å². The van der Waals surface area contributed by atoms with E-state index in [1.165, 1.54) is 12.8 Å². The maximum Gasteiger partial charge on any atom is 0.215 e. The van der Waals surface area contributed by atoms with Crippen molar-refractivity contribution in [3.63, 3.8) is 0 Å². The Morgan fingerprint density at radius 1 is 1.64 bits per heavy atom. The number of fused-ring (bicyclic) bond motifs is 2. The third-order valence-electron chi connectivity index (χ3n) is 4.08. The minimum Gasteiger partial charge on any atom is -0.373 e. The highest BCUT2D eigenvalue weighted by Gasteiger charge is 2.48. The van der Waals surface area contributed by atoms with Gasteiger partial charge in [-0.15, -0.1) is 0 Å². The number of nitrogens with zero attached hydrogens (tertiary/aromatic N) is 1. The normalized spacial score (nSPS) is 40.3. The molecule has 3 aliphatic rings. The first-order valence-electron chi connectivity index (χ1n) is 5.64. The van der Waals surface area contributed by atoms with Gasteiger partial charge in [0.1, 0.15) is 0 Å². The fraction of sp³-hybridized carbons (Fsp3) is 0.889. The maximum atomic E-state index is 11.5. The molecule has 0 spiro atoms. The van der Waals surface area contributed by atoms with Crippen molar-refractivity contribution >= 4 is 21.1 Å². The molecule has 2 bridgehead atoms. The van der Waals surface area contributed by atoms with E-state index in [2.05, 4.69) is 11.8 Å². The Hall–Kier alpha value is -0.440. The first-order valence-corrected chi connectivity index (χ1v) is 5.64. The van der Waals surface area contributed by atoms with E-state index >= 15 is 0 Å². The van der Waals surface area contributed by atoms with Crippen LogP contribution >= 0.6 is 0 Å². The Kier molecular flexibility index (Phi) is 2.60. The standard InChI is InChI=1S/C9H18B2N2O/c1-5-6-2-7(3-6)13(9(10)14)8(5)4-11-12/h5-8,11H,2-4,10,12H2,1H3/t5-,6?,7?,8-/m1/s1. The summed E-state index contributed by atoms with van der Waals surface area (Å²) in [6.07, 6.45) is 3.41. The number of carbonyl (C=O) groups excluding carboxylic acids is 1. The highest BCUT2D eigenvalue weighted by molar-refractivity contribution is 6.57. The monoisotopic (exact) mass is 192 g/mol. The Bertz CT molecular complexity index is 243. The van der Waals surface area contributed by atoms with Crippen molar-refractivity contribution in [1.29, 1.82) is 0 Å². The third kappa shape index (κ3) is 1.38. The highest BCUT2D eigenvalue weighted by Crippen LogP contribution is 2.47. The molecule has 1 aliphatic carbocycles. The van der Waals surface area contributed by atoms with Gasteiger partial charge in [0, 0.05) is 12.1 Å². The van der Waals surface area contributed by atoms with Gasteiger partial charge in [0.2, 0.25) is 7.85 Å². The lowest BCUT2D eigenvalue weighted by Gasteiger charge is -2.57. The fourth-order valence-corrected chi connectivity index (χ4v) is 3.19. The minimum atomic E-state index is 0.235. The molecule has 1 saturated carbocycles. The van der Waals surface area contributed by atoms with Crippen LogP contribution in [0.5, 0.6) is 0 Å². The molecule has 2 N–H and O–H groups in total. The number of rotatable bonds is 2. The Morgan fingerprint density at radius 3 is 2.79 bits per heavy atom. The van der Waals surface area contributed by atoms with Gasteiger partial charge in [-0.05, 0) is 31.0 Å². The first kappa shape index (κ1) is 10.1. The topological polar surface area (TPSA) is 46.3 Å². The van der Waals surface area contributed by atoms with Crippen LogP contribution in [0.15, 0.2) is 0 Å². The van der Waals surface area contributed by atoms with E-state index in [0.717, 1.165) is 12.2 Å². The van der Waals surface area contributed by atoms with Gasteiger partial charge >= 0.3 is 0 Å². The van der Waals surface area contributed by atoms with Crippen LogP contribution in [-0.4, -0.2) is 38.1 Å². The molecule has 0 radical (unpaired) electrons. The van der Waals surface area contributed by atoms with Crippen LogP contribution in [-0.2, 0) is 0 Å². The van der Waals surface area contributed by atoms with Crippen molar-refractivity contribution in [3.05, 3.63) is 0 Å². The molecular weight excluding hydrogens is 174 g/mol. The SMILES string of the molecule is BC(=O)N1C2CC(C2)[C@@H](C)[C@H]1CBN. The molecule has 0 aromatic heterocycles. The molecule has 3 fully saturated rings. The number of piperidine rings is 2. The molecule has 2 saturated heterocycles. The van der Waals surface area contributed by atoms with Crippen LogP contribution < -0.4 is 5.64 Å². The molecule has 2 aliphatic heterocycles. The van der Waals surface area contributed by atoms with Gasteiger partial charge in [-0.1, -0.05) is 6.92 Å². The molecule has 5 heteroatoms. The van der Waals surface area contributed by atoms with Crippen LogP contribution in [0.2, 0.25) is 6.32 Å². The van der Waals surface area contributed by atoms with E-state index in [4.69, 9.17) is 5.64 Å². The smallest absolute Gasteiger partial charge is 0.215 e. The molecule has 0 unspecified atom stereocenters. The van der Waals surface area contributed by atoms with Gasteiger partial charge < -0.3 is 10.5 Å². The van der Waals surface area contributed by atoms with E-state index in [1.54, 1.807) is 7.85 Å². The van der Waals surface area contributed by atoms with Crippen molar-refractivity contribution < 1.29 is 4.79 Å². The molecule has 2 atom stereocenters. The summed E-state index contributed by atoms with van der Waals surface area (Å²) in [7, 11) is 2.38. The molecule has 3 rings (SSSR count). The second kappa shape index (κ2) is 3.61. The summed E-state index contributed by atoms with van der Waals surface area (Å²) in [5, 5.41) is 0. The lowest BCUT2D eigenvalue weighted by molar-refractivity contribution is -0.0320. The zero-order chi connectivity index (χ0) is 10.3. The molecule has 0 aromatic carbocycles. The lowest BCUT2D eigenvalue weighted by Crippen LogP contribution is -2.63. The van der Waals surface area contributed by atoms with Crippen LogP contribution in [0.3, 0.4) is 0 Å². The molecule has 1 amide bonds. The van der Waals surface area contributed by atoms with Crippen molar-refractivity contribution in [3.8, 4) is 0 Å². The number of carbonyl (C=O) groups is 1. The van der Waals surface area contributed by atoms with E-state index in [9.17, 15) is 4.79 Å². The number of hydrogen-bond acceptors (Lipinski definition) is 2. The quantitative estimate of drug-likeness (QED) is 0.603. The predicted molar refractivity (Wildman–Crippen MR) is 61.4 cm³/mol. The molecule has 14 heavy (non-hydrogen) atoms. The van der Waals surface area contributed by atoms with Gasteiger partial charge in [-0.2, -0.15) is 0 Å². The van der Waals surface area contributed by atoms with Gasteiger partial charge in [-0.3, -0.25) is 4.79 Å².